The summed E-state index contributed by atoms with van der Waals surface area (Å²) in [6.07, 6.45) is 26.4. The van der Waals surface area contributed by atoms with Gasteiger partial charge in [0.05, 0.1) is 6.61 Å². The first kappa shape index (κ1) is 29.9. The van der Waals surface area contributed by atoms with Crippen molar-refractivity contribution in [3.8, 4) is 0 Å². The molecule has 0 aromatic carbocycles. The molecule has 0 fully saturated rings. The number of rotatable bonds is 24. The van der Waals surface area contributed by atoms with E-state index in [1.165, 1.54) is 127 Å². The van der Waals surface area contributed by atoms with Gasteiger partial charge in [-0.3, -0.25) is 4.57 Å². The Labute approximate surface area is 192 Å². The van der Waals surface area contributed by atoms with Gasteiger partial charge in [0.2, 0.25) is 0 Å². The Hall–Kier alpha value is 0.890. The lowest BCUT2D eigenvalue weighted by atomic mass is 10.1. The van der Waals surface area contributed by atoms with Crippen molar-refractivity contribution in [3.05, 3.63) is 0 Å². The normalized spacial score (nSPS) is 13.6. The summed E-state index contributed by atoms with van der Waals surface area (Å²) in [5.41, 5.74) is 0. The van der Waals surface area contributed by atoms with Crippen molar-refractivity contribution in [2.24, 2.45) is 0 Å². The fourth-order valence-corrected chi connectivity index (χ4v) is 7.08. The van der Waals surface area contributed by atoms with Crippen molar-refractivity contribution in [1.82, 2.24) is 0 Å². The molecule has 0 saturated heterocycles. The Bertz CT molecular complexity index is 337. The van der Waals surface area contributed by atoms with Crippen LogP contribution in [0.1, 0.15) is 142 Å². The number of unbranched alkanes of at least 4 members (excludes halogenated alkanes) is 18. The third-order valence-electron chi connectivity index (χ3n) is 5.50. The zero-order valence-corrected chi connectivity index (χ0v) is 22.3. The monoisotopic (exact) mass is 466 g/mol. The maximum Gasteiger partial charge on any atom is 0.310 e. The molecule has 1 atom stereocenters. The van der Waals surface area contributed by atoms with Gasteiger partial charge in [-0.15, -0.1) is 0 Å². The highest BCUT2D eigenvalue weighted by atomic mass is 33.1. The summed E-state index contributed by atoms with van der Waals surface area (Å²) >= 11 is 5.72. The van der Waals surface area contributed by atoms with Gasteiger partial charge < -0.3 is 4.52 Å². The van der Waals surface area contributed by atoms with Crippen molar-refractivity contribution in [3.63, 3.8) is 0 Å². The van der Waals surface area contributed by atoms with Crippen LogP contribution >= 0.6 is 29.4 Å². The van der Waals surface area contributed by atoms with Gasteiger partial charge in [0.15, 0.2) is 0 Å². The van der Waals surface area contributed by atoms with Crippen LogP contribution in [-0.4, -0.2) is 12.4 Å². The van der Waals surface area contributed by atoms with E-state index >= 15 is 0 Å². The van der Waals surface area contributed by atoms with E-state index in [0.717, 1.165) is 18.6 Å². The molecular weight excluding hydrogens is 415 g/mol. The summed E-state index contributed by atoms with van der Waals surface area (Å²) in [6.45, 7) is 5.13. The fraction of sp³-hybridized carbons (Fsp3) is 1.00. The lowest BCUT2D eigenvalue weighted by Crippen LogP contribution is -1.90. The van der Waals surface area contributed by atoms with E-state index in [-0.39, 0.29) is 0 Å². The molecule has 1 unspecified atom stereocenters. The van der Waals surface area contributed by atoms with Crippen LogP contribution in [0.2, 0.25) is 0 Å². The van der Waals surface area contributed by atoms with Crippen LogP contribution in [-0.2, 0) is 9.09 Å². The summed E-state index contributed by atoms with van der Waals surface area (Å²) < 4.78 is 17.9. The fourth-order valence-electron chi connectivity index (χ4n) is 3.58. The molecule has 0 aliphatic heterocycles. The van der Waals surface area contributed by atoms with E-state index in [9.17, 15) is 4.57 Å². The van der Waals surface area contributed by atoms with Crippen molar-refractivity contribution >= 4 is 29.4 Å². The Morgan fingerprint density at radius 1 is 0.586 bits per heavy atom. The zero-order chi connectivity index (χ0) is 21.5. The van der Waals surface area contributed by atoms with Gasteiger partial charge in [0.25, 0.3) is 0 Å². The van der Waals surface area contributed by atoms with Gasteiger partial charge in [-0.1, -0.05) is 153 Å². The van der Waals surface area contributed by atoms with Crippen LogP contribution in [0, 0.1) is 0 Å². The second-order valence-corrected chi connectivity index (χ2v) is 15.0. The molecule has 2 nitrogen and oxygen atoms in total. The molecule has 0 amide bonds. The average Bonchev–Trinajstić information content (AvgIpc) is 2.70. The van der Waals surface area contributed by atoms with E-state index in [0.29, 0.717) is 6.61 Å². The SMILES string of the molecule is CCCCCCCCCCCCOP(=O)(S)SCCCCCCCCCCCC. The molecule has 0 saturated carbocycles. The minimum atomic E-state index is -2.74. The summed E-state index contributed by atoms with van der Waals surface area (Å²) in [5.74, 6) is -1.82. The standard InChI is InChI=1S/C24H51O2PS2/c1-3-5-7-9-11-13-15-17-19-21-23-26-27(25,28)29-24-22-20-18-16-14-12-10-8-6-4-2/h3-24H2,1-2H3,(H,25,28). The van der Waals surface area contributed by atoms with Crippen LogP contribution < -0.4 is 0 Å². The van der Waals surface area contributed by atoms with E-state index in [2.05, 4.69) is 26.1 Å². The molecule has 0 bridgehead atoms. The Morgan fingerprint density at radius 3 is 1.34 bits per heavy atom. The average molecular weight is 467 g/mol. The molecule has 0 aromatic heterocycles. The molecule has 0 aliphatic rings. The molecule has 0 spiro atoms. The van der Waals surface area contributed by atoms with Crippen LogP contribution in [0.4, 0.5) is 0 Å². The second-order valence-electron chi connectivity index (χ2n) is 8.50. The Balaban J connectivity index is 3.31. The number of thiol groups is 1. The number of hydrogen-bond donors (Lipinski definition) is 1. The summed E-state index contributed by atoms with van der Waals surface area (Å²) in [5, 5.41) is 0. The van der Waals surface area contributed by atoms with Crippen LogP contribution in [0.3, 0.4) is 0 Å². The molecule has 176 valence electrons. The van der Waals surface area contributed by atoms with E-state index < -0.39 is 5.77 Å². The largest absolute Gasteiger partial charge is 0.314 e. The van der Waals surface area contributed by atoms with E-state index in [1.54, 1.807) is 0 Å². The second kappa shape index (κ2) is 23.6. The van der Waals surface area contributed by atoms with Crippen molar-refractivity contribution in [2.75, 3.05) is 12.4 Å². The molecule has 0 rings (SSSR count). The summed E-state index contributed by atoms with van der Waals surface area (Å²) in [7, 11) is 0. The highest BCUT2D eigenvalue weighted by molar-refractivity contribution is 8.84. The van der Waals surface area contributed by atoms with Crippen molar-refractivity contribution in [1.29, 1.82) is 0 Å². The van der Waals surface area contributed by atoms with Gasteiger partial charge >= 0.3 is 5.77 Å². The molecule has 0 heterocycles. The first-order chi connectivity index (χ1) is 14.1. The van der Waals surface area contributed by atoms with E-state index in [4.69, 9.17) is 4.52 Å². The van der Waals surface area contributed by atoms with Gasteiger partial charge in [0.1, 0.15) is 0 Å². The van der Waals surface area contributed by atoms with Crippen LogP contribution in [0.25, 0.3) is 0 Å². The van der Waals surface area contributed by atoms with Gasteiger partial charge in [-0.25, -0.2) is 0 Å². The van der Waals surface area contributed by atoms with Gasteiger partial charge in [0, 0.05) is 5.75 Å². The third-order valence-corrected chi connectivity index (χ3v) is 10.0. The zero-order valence-electron chi connectivity index (χ0n) is 19.7. The predicted octanol–water partition coefficient (Wildman–Crippen LogP) is 10.6. The molecule has 0 N–H and O–H groups in total. The molecule has 0 aromatic rings. The minimum absolute atomic E-state index is 0.600. The summed E-state index contributed by atoms with van der Waals surface area (Å²) in [4.78, 5) is 0. The topological polar surface area (TPSA) is 26.3 Å². The third kappa shape index (κ3) is 25.0. The van der Waals surface area contributed by atoms with E-state index in [1.807, 2.05) is 0 Å². The first-order valence-electron chi connectivity index (χ1n) is 12.7. The lowest BCUT2D eigenvalue weighted by molar-refractivity contribution is 0.321. The van der Waals surface area contributed by atoms with Crippen molar-refractivity contribution < 1.29 is 9.09 Å². The quantitative estimate of drug-likeness (QED) is 0.0870. The van der Waals surface area contributed by atoms with Gasteiger partial charge in [-0.2, -0.15) is 0 Å². The molecule has 0 aliphatic carbocycles. The van der Waals surface area contributed by atoms with Crippen LogP contribution in [0.15, 0.2) is 0 Å². The highest BCUT2D eigenvalue weighted by Crippen LogP contribution is 2.64. The first-order valence-corrected chi connectivity index (χ1v) is 17.1. The predicted molar refractivity (Wildman–Crippen MR) is 139 cm³/mol. The Morgan fingerprint density at radius 2 is 0.931 bits per heavy atom. The lowest BCUT2D eigenvalue weighted by Gasteiger charge is -2.12. The highest BCUT2D eigenvalue weighted by Gasteiger charge is 2.17. The maximum absolute atomic E-state index is 12.3. The summed E-state index contributed by atoms with van der Waals surface area (Å²) in [6, 6.07) is 0. The minimum Gasteiger partial charge on any atom is -0.314 e. The maximum atomic E-state index is 12.3. The molecular formula is C24H51O2PS2. The molecule has 0 radical (unpaired) electrons. The number of hydrogen-bond acceptors (Lipinski definition) is 3. The van der Waals surface area contributed by atoms with Crippen LogP contribution in [0.5, 0.6) is 0 Å². The Kier molecular flexibility index (Phi) is 24.3. The molecule has 29 heavy (non-hydrogen) atoms. The molecule has 5 heteroatoms. The van der Waals surface area contributed by atoms with Gasteiger partial charge in [-0.05, 0) is 12.8 Å². The smallest absolute Gasteiger partial charge is 0.310 e. The van der Waals surface area contributed by atoms with Crippen molar-refractivity contribution in [2.45, 2.75) is 142 Å².